The van der Waals surface area contributed by atoms with Gasteiger partial charge in [0.05, 0.1) is 17.4 Å². The molecule has 1 atom stereocenters. The second-order valence-corrected chi connectivity index (χ2v) is 9.54. The third kappa shape index (κ3) is 5.02. The smallest absolute Gasteiger partial charge is 0.243 e. The van der Waals surface area contributed by atoms with E-state index in [0.717, 1.165) is 17.7 Å². The Hall–Kier alpha value is -2.38. The summed E-state index contributed by atoms with van der Waals surface area (Å²) in [6.45, 7) is 6.94. The van der Waals surface area contributed by atoms with Crippen LogP contribution in [0.25, 0.3) is 0 Å². The van der Waals surface area contributed by atoms with E-state index in [2.05, 4.69) is 12.2 Å². The number of benzene rings is 2. The number of aryl methyl sites for hydroxylation is 2. The van der Waals surface area contributed by atoms with Gasteiger partial charge in [0.15, 0.2) is 0 Å². The number of hydrogen-bond donors (Lipinski definition) is 1. The molecule has 0 saturated carbocycles. The molecule has 1 fully saturated rings. The molecule has 162 valence electrons. The molecule has 1 amide bonds. The molecule has 0 radical (unpaired) electrons. The first-order valence-electron chi connectivity index (χ1n) is 10.5. The van der Waals surface area contributed by atoms with Gasteiger partial charge in [-0.3, -0.25) is 4.79 Å². The maximum atomic E-state index is 13.2. The van der Waals surface area contributed by atoms with Crippen LogP contribution in [0.4, 0.5) is 5.69 Å². The van der Waals surface area contributed by atoms with E-state index in [9.17, 15) is 13.2 Å². The van der Waals surface area contributed by atoms with Crippen LogP contribution in [0.2, 0.25) is 0 Å². The molecule has 1 aliphatic heterocycles. The monoisotopic (exact) mass is 430 g/mol. The number of nitrogens with one attached hydrogen (secondary N) is 1. The van der Waals surface area contributed by atoms with Crippen molar-refractivity contribution in [1.29, 1.82) is 0 Å². The third-order valence-corrected chi connectivity index (χ3v) is 7.33. The minimum absolute atomic E-state index is 0.137. The highest BCUT2D eigenvalue weighted by Gasteiger charge is 2.33. The number of rotatable bonds is 7. The molecule has 1 N–H and O–H groups in total. The Morgan fingerprint density at radius 1 is 1.17 bits per heavy atom. The van der Waals surface area contributed by atoms with E-state index in [1.54, 1.807) is 18.2 Å². The van der Waals surface area contributed by atoms with Gasteiger partial charge >= 0.3 is 0 Å². The van der Waals surface area contributed by atoms with E-state index in [0.29, 0.717) is 31.7 Å². The first-order valence-corrected chi connectivity index (χ1v) is 11.9. The number of ether oxygens (including phenoxy) is 1. The van der Waals surface area contributed by atoms with Crippen LogP contribution in [0, 0.1) is 12.8 Å². The number of hydrogen-bond acceptors (Lipinski definition) is 4. The van der Waals surface area contributed by atoms with Gasteiger partial charge in [-0.25, -0.2) is 8.42 Å². The Balaban J connectivity index is 1.71. The molecule has 0 aromatic heterocycles. The van der Waals surface area contributed by atoms with Crippen LogP contribution >= 0.6 is 0 Å². The largest absolute Gasteiger partial charge is 0.494 e. The summed E-state index contributed by atoms with van der Waals surface area (Å²) >= 11 is 0. The quantitative estimate of drug-likeness (QED) is 0.721. The second kappa shape index (κ2) is 9.62. The van der Waals surface area contributed by atoms with Gasteiger partial charge in [0.25, 0.3) is 0 Å². The predicted octanol–water partition coefficient (Wildman–Crippen LogP) is 4.00. The van der Waals surface area contributed by atoms with Gasteiger partial charge in [-0.15, -0.1) is 0 Å². The fraction of sp³-hybridized carbons (Fsp3) is 0.435. The van der Waals surface area contributed by atoms with Gasteiger partial charge in [0, 0.05) is 18.8 Å². The molecule has 2 aromatic carbocycles. The fourth-order valence-corrected chi connectivity index (χ4v) is 5.30. The molecule has 0 spiro atoms. The average molecular weight is 431 g/mol. The van der Waals surface area contributed by atoms with Crippen LogP contribution in [0.5, 0.6) is 5.75 Å². The van der Waals surface area contributed by atoms with E-state index in [-0.39, 0.29) is 23.3 Å². The molecule has 0 bridgehead atoms. The van der Waals surface area contributed by atoms with E-state index in [1.165, 1.54) is 9.87 Å². The molecule has 0 unspecified atom stereocenters. The Bertz CT molecular complexity index is 987. The number of anilines is 1. The average Bonchev–Trinajstić information content (AvgIpc) is 2.76. The number of piperidine rings is 1. The first kappa shape index (κ1) is 22.3. The molecule has 30 heavy (non-hydrogen) atoms. The summed E-state index contributed by atoms with van der Waals surface area (Å²) in [5.41, 5.74) is 2.72. The Morgan fingerprint density at radius 3 is 2.53 bits per heavy atom. The molecule has 2 aromatic rings. The fourth-order valence-electron chi connectivity index (χ4n) is 3.69. The molecule has 3 rings (SSSR count). The Kier molecular flexibility index (Phi) is 7.15. The maximum absolute atomic E-state index is 13.2. The number of amides is 1. The SMILES string of the molecule is CCOc1ccc(S(=O)(=O)N2CCC[C@H](C(=O)Nc3ccc(CC)cc3)C2)cc1C. The van der Waals surface area contributed by atoms with Gasteiger partial charge in [0.2, 0.25) is 15.9 Å². The lowest BCUT2D eigenvalue weighted by molar-refractivity contribution is -0.120. The van der Waals surface area contributed by atoms with Crippen molar-refractivity contribution >= 4 is 21.6 Å². The van der Waals surface area contributed by atoms with Crippen molar-refractivity contribution in [3.63, 3.8) is 0 Å². The van der Waals surface area contributed by atoms with Crippen LogP contribution < -0.4 is 10.1 Å². The number of sulfonamides is 1. The van der Waals surface area contributed by atoms with Crippen molar-refractivity contribution in [1.82, 2.24) is 4.31 Å². The summed E-state index contributed by atoms with van der Waals surface area (Å²) in [5, 5.41) is 2.93. The highest BCUT2D eigenvalue weighted by Crippen LogP contribution is 2.28. The zero-order valence-corrected chi connectivity index (χ0v) is 18.7. The van der Waals surface area contributed by atoms with Gasteiger partial charge in [-0.2, -0.15) is 4.31 Å². The second-order valence-electron chi connectivity index (χ2n) is 7.60. The maximum Gasteiger partial charge on any atom is 0.243 e. The summed E-state index contributed by atoms with van der Waals surface area (Å²) in [6.07, 6.45) is 2.27. The van der Waals surface area contributed by atoms with Crippen LogP contribution in [-0.4, -0.2) is 38.3 Å². The minimum atomic E-state index is -3.67. The molecule has 1 aliphatic rings. The van der Waals surface area contributed by atoms with Gasteiger partial charge in [0.1, 0.15) is 5.75 Å². The number of nitrogens with zero attached hydrogens (tertiary/aromatic N) is 1. The van der Waals surface area contributed by atoms with Crippen molar-refractivity contribution in [2.24, 2.45) is 5.92 Å². The standard InChI is InChI=1S/C23H30N2O4S/c1-4-18-8-10-20(11-9-18)24-23(26)19-7-6-14-25(16-19)30(27,28)21-12-13-22(29-5-2)17(3)15-21/h8-13,15,19H,4-7,14,16H2,1-3H3,(H,24,26)/t19-/m0/s1. The lowest BCUT2D eigenvalue weighted by Gasteiger charge is -2.31. The van der Waals surface area contributed by atoms with E-state index in [4.69, 9.17) is 4.74 Å². The number of carbonyl (C=O) groups is 1. The number of carbonyl (C=O) groups excluding carboxylic acids is 1. The van der Waals surface area contributed by atoms with Crippen molar-refractivity contribution in [3.05, 3.63) is 53.6 Å². The van der Waals surface area contributed by atoms with E-state index < -0.39 is 10.0 Å². The van der Waals surface area contributed by atoms with Crippen molar-refractivity contribution in [3.8, 4) is 5.75 Å². The lowest BCUT2D eigenvalue weighted by Crippen LogP contribution is -2.43. The lowest BCUT2D eigenvalue weighted by atomic mass is 9.98. The molecule has 0 aliphatic carbocycles. The molecule has 7 heteroatoms. The highest BCUT2D eigenvalue weighted by molar-refractivity contribution is 7.89. The molecule has 1 heterocycles. The summed E-state index contributed by atoms with van der Waals surface area (Å²) in [6, 6.07) is 12.7. The highest BCUT2D eigenvalue weighted by atomic mass is 32.2. The Labute approximate surface area is 179 Å². The summed E-state index contributed by atoms with van der Waals surface area (Å²) in [7, 11) is -3.67. The van der Waals surface area contributed by atoms with Crippen LogP contribution in [-0.2, 0) is 21.2 Å². The summed E-state index contributed by atoms with van der Waals surface area (Å²) < 4.78 is 33.3. The van der Waals surface area contributed by atoms with E-state index >= 15 is 0 Å². The molecular formula is C23H30N2O4S. The first-order chi connectivity index (χ1) is 14.3. The van der Waals surface area contributed by atoms with Gasteiger partial charge in [-0.1, -0.05) is 19.1 Å². The molecule has 6 nitrogen and oxygen atoms in total. The zero-order chi connectivity index (χ0) is 21.7. The van der Waals surface area contributed by atoms with Crippen LogP contribution in [0.1, 0.15) is 37.8 Å². The normalized spacial score (nSPS) is 17.5. The van der Waals surface area contributed by atoms with Crippen LogP contribution in [0.3, 0.4) is 0 Å². The van der Waals surface area contributed by atoms with Crippen molar-refractivity contribution in [2.75, 3.05) is 25.0 Å². The van der Waals surface area contributed by atoms with Crippen molar-refractivity contribution in [2.45, 2.75) is 44.9 Å². The molecule has 1 saturated heterocycles. The van der Waals surface area contributed by atoms with Crippen molar-refractivity contribution < 1.29 is 17.9 Å². The minimum Gasteiger partial charge on any atom is -0.494 e. The molecular weight excluding hydrogens is 400 g/mol. The van der Waals surface area contributed by atoms with E-state index in [1.807, 2.05) is 38.1 Å². The summed E-state index contributed by atoms with van der Waals surface area (Å²) in [4.78, 5) is 13.0. The van der Waals surface area contributed by atoms with Crippen LogP contribution in [0.15, 0.2) is 47.4 Å². The Morgan fingerprint density at radius 2 is 1.90 bits per heavy atom. The van der Waals surface area contributed by atoms with Gasteiger partial charge in [-0.05, 0) is 74.6 Å². The third-order valence-electron chi connectivity index (χ3n) is 5.47. The zero-order valence-electron chi connectivity index (χ0n) is 17.8. The topological polar surface area (TPSA) is 75.7 Å². The van der Waals surface area contributed by atoms with Gasteiger partial charge < -0.3 is 10.1 Å². The summed E-state index contributed by atoms with van der Waals surface area (Å²) in [5.74, 6) is 0.173. The predicted molar refractivity (Wildman–Crippen MR) is 118 cm³/mol.